The van der Waals surface area contributed by atoms with Crippen LogP contribution in [0.5, 0.6) is 0 Å². The first-order chi connectivity index (χ1) is 12.2. The van der Waals surface area contributed by atoms with E-state index in [-0.39, 0.29) is 11.9 Å². The predicted molar refractivity (Wildman–Crippen MR) is 100 cm³/mol. The van der Waals surface area contributed by atoms with Crippen molar-refractivity contribution in [2.45, 2.75) is 31.7 Å². The number of nitrogen functional groups attached to an aromatic ring is 1. The summed E-state index contributed by atoms with van der Waals surface area (Å²) in [4.78, 5) is 18.9. The van der Waals surface area contributed by atoms with Crippen molar-refractivity contribution in [2.75, 3.05) is 25.4 Å². The molecule has 3 rings (SSSR count). The van der Waals surface area contributed by atoms with Crippen LogP contribution < -0.4 is 11.1 Å². The average molecular weight is 338 g/mol. The van der Waals surface area contributed by atoms with Gasteiger partial charge in [-0.15, -0.1) is 0 Å². The van der Waals surface area contributed by atoms with Crippen molar-refractivity contribution in [3.05, 3.63) is 59.8 Å². The van der Waals surface area contributed by atoms with Crippen LogP contribution in [0.4, 0.5) is 5.82 Å². The van der Waals surface area contributed by atoms with Gasteiger partial charge in [-0.1, -0.05) is 43.2 Å². The van der Waals surface area contributed by atoms with Crippen LogP contribution >= 0.6 is 0 Å². The van der Waals surface area contributed by atoms with Crippen molar-refractivity contribution in [3.8, 4) is 0 Å². The molecule has 25 heavy (non-hydrogen) atoms. The van der Waals surface area contributed by atoms with E-state index >= 15 is 0 Å². The minimum Gasteiger partial charge on any atom is -0.384 e. The van der Waals surface area contributed by atoms with Crippen LogP contribution in [0.3, 0.4) is 0 Å². The van der Waals surface area contributed by atoms with E-state index in [1.54, 1.807) is 12.1 Å². The van der Waals surface area contributed by atoms with E-state index in [0.29, 0.717) is 17.9 Å². The first-order valence-electron chi connectivity index (χ1n) is 9.03. The SMILES string of the molecule is Nc1ccc(C(=O)NC[C@H](c2ccccc2)N2CCCCCC2)cn1. The number of aromatic nitrogens is 1. The van der Waals surface area contributed by atoms with Crippen LogP contribution in [0, 0.1) is 0 Å². The van der Waals surface area contributed by atoms with Crippen molar-refractivity contribution in [2.24, 2.45) is 0 Å². The van der Waals surface area contributed by atoms with Gasteiger partial charge in [0, 0.05) is 12.7 Å². The van der Waals surface area contributed by atoms with Gasteiger partial charge in [0.2, 0.25) is 0 Å². The summed E-state index contributed by atoms with van der Waals surface area (Å²) in [7, 11) is 0. The maximum absolute atomic E-state index is 12.4. The lowest BCUT2D eigenvalue weighted by Gasteiger charge is -2.31. The van der Waals surface area contributed by atoms with Crippen LogP contribution in [0.2, 0.25) is 0 Å². The van der Waals surface area contributed by atoms with E-state index in [1.807, 2.05) is 6.07 Å². The van der Waals surface area contributed by atoms with Crippen LogP contribution in [0.15, 0.2) is 48.7 Å². The summed E-state index contributed by atoms with van der Waals surface area (Å²) in [5.74, 6) is 0.312. The summed E-state index contributed by atoms with van der Waals surface area (Å²) in [6, 6.07) is 14.0. The Morgan fingerprint density at radius 3 is 2.44 bits per heavy atom. The number of pyridine rings is 1. The maximum Gasteiger partial charge on any atom is 0.252 e. The third kappa shape index (κ3) is 4.79. The molecule has 1 fully saturated rings. The monoisotopic (exact) mass is 338 g/mol. The number of rotatable bonds is 5. The number of nitrogens with one attached hydrogen (secondary N) is 1. The number of nitrogens with zero attached hydrogens (tertiary/aromatic N) is 2. The van der Waals surface area contributed by atoms with Crippen LogP contribution in [-0.2, 0) is 0 Å². The molecule has 0 unspecified atom stereocenters. The quantitative estimate of drug-likeness (QED) is 0.879. The van der Waals surface area contributed by atoms with Gasteiger partial charge in [0.05, 0.1) is 11.6 Å². The second kappa shape index (κ2) is 8.62. The molecule has 1 aromatic carbocycles. The van der Waals surface area contributed by atoms with Crippen molar-refractivity contribution in [1.29, 1.82) is 0 Å². The third-order valence-electron chi connectivity index (χ3n) is 4.77. The number of carbonyl (C=O) groups excluding carboxylic acids is 1. The summed E-state index contributed by atoms with van der Waals surface area (Å²) in [6.07, 6.45) is 6.55. The van der Waals surface area contributed by atoms with Gasteiger partial charge in [-0.05, 0) is 43.6 Å². The standard InChI is InChI=1S/C20H26N4O/c21-19-11-10-17(14-22-19)20(25)23-15-18(16-8-4-3-5-9-16)24-12-6-1-2-7-13-24/h3-5,8-11,14,18H,1-2,6-7,12-13,15H2,(H2,21,22)(H,23,25)/t18-/m1/s1. The number of hydrogen-bond acceptors (Lipinski definition) is 4. The van der Waals surface area contributed by atoms with E-state index < -0.39 is 0 Å². The minimum absolute atomic E-state index is 0.108. The van der Waals surface area contributed by atoms with Crippen molar-refractivity contribution >= 4 is 11.7 Å². The zero-order valence-electron chi connectivity index (χ0n) is 14.5. The van der Waals surface area contributed by atoms with Crippen LogP contribution in [0.1, 0.15) is 47.6 Å². The fourth-order valence-corrected chi connectivity index (χ4v) is 3.37. The fourth-order valence-electron chi connectivity index (χ4n) is 3.37. The summed E-state index contributed by atoms with van der Waals surface area (Å²) < 4.78 is 0. The van der Waals surface area contributed by atoms with Gasteiger partial charge in [0.1, 0.15) is 5.82 Å². The van der Waals surface area contributed by atoms with Gasteiger partial charge < -0.3 is 11.1 Å². The molecule has 0 saturated carbocycles. The van der Waals surface area contributed by atoms with Crippen LogP contribution in [0.25, 0.3) is 0 Å². The van der Waals surface area contributed by atoms with Gasteiger partial charge in [0.15, 0.2) is 0 Å². The van der Waals surface area contributed by atoms with Gasteiger partial charge in [-0.25, -0.2) is 4.98 Å². The molecule has 0 bridgehead atoms. The molecule has 132 valence electrons. The molecular weight excluding hydrogens is 312 g/mol. The first kappa shape index (κ1) is 17.4. The molecule has 1 atom stereocenters. The Hall–Kier alpha value is -2.40. The molecule has 5 heteroatoms. The third-order valence-corrected chi connectivity index (χ3v) is 4.77. The molecule has 5 nitrogen and oxygen atoms in total. The highest BCUT2D eigenvalue weighted by atomic mass is 16.1. The fraction of sp³-hybridized carbons (Fsp3) is 0.400. The smallest absolute Gasteiger partial charge is 0.252 e. The lowest BCUT2D eigenvalue weighted by atomic mass is 10.0. The Balaban J connectivity index is 1.71. The molecule has 1 aromatic heterocycles. The Bertz CT molecular complexity index is 664. The molecule has 0 aliphatic carbocycles. The van der Waals surface area contributed by atoms with Crippen molar-refractivity contribution < 1.29 is 4.79 Å². The largest absolute Gasteiger partial charge is 0.384 e. The molecule has 1 amide bonds. The average Bonchev–Trinajstić information content (AvgIpc) is 2.93. The second-order valence-electron chi connectivity index (χ2n) is 6.56. The Kier molecular flexibility index (Phi) is 6.01. The molecule has 1 saturated heterocycles. The van der Waals surface area contributed by atoms with Crippen molar-refractivity contribution in [1.82, 2.24) is 15.2 Å². The topological polar surface area (TPSA) is 71.2 Å². The molecule has 3 N–H and O–H groups in total. The zero-order valence-corrected chi connectivity index (χ0v) is 14.5. The van der Waals surface area contributed by atoms with Gasteiger partial charge in [0.25, 0.3) is 5.91 Å². The zero-order chi connectivity index (χ0) is 17.5. The highest BCUT2D eigenvalue weighted by molar-refractivity contribution is 5.94. The molecule has 1 aliphatic heterocycles. The lowest BCUT2D eigenvalue weighted by Crippen LogP contribution is -2.38. The summed E-state index contributed by atoms with van der Waals surface area (Å²) >= 11 is 0. The molecular formula is C20H26N4O. The van der Waals surface area contributed by atoms with Gasteiger partial charge >= 0.3 is 0 Å². The number of amides is 1. The summed E-state index contributed by atoms with van der Waals surface area (Å²) in [6.45, 7) is 2.75. The Morgan fingerprint density at radius 2 is 1.80 bits per heavy atom. The molecule has 2 aromatic rings. The summed E-state index contributed by atoms with van der Waals surface area (Å²) in [5, 5.41) is 3.07. The number of hydrogen-bond donors (Lipinski definition) is 2. The number of nitrogens with two attached hydrogens (primary N) is 1. The molecule has 2 heterocycles. The highest BCUT2D eigenvalue weighted by Crippen LogP contribution is 2.23. The van der Waals surface area contributed by atoms with Gasteiger partial charge in [-0.2, -0.15) is 0 Å². The molecule has 0 radical (unpaired) electrons. The lowest BCUT2D eigenvalue weighted by molar-refractivity contribution is 0.0933. The van der Waals surface area contributed by atoms with E-state index in [0.717, 1.165) is 13.1 Å². The number of anilines is 1. The Labute approximate surface area is 149 Å². The minimum atomic E-state index is -0.108. The van der Waals surface area contributed by atoms with E-state index in [2.05, 4.69) is 39.5 Å². The van der Waals surface area contributed by atoms with E-state index in [4.69, 9.17) is 5.73 Å². The Morgan fingerprint density at radius 1 is 1.08 bits per heavy atom. The predicted octanol–water partition coefficient (Wildman–Crippen LogP) is 3.01. The van der Waals surface area contributed by atoms with Crippen LogP contribution in [-0.4, -0.2) is 35.4 Å². The highest BCUT2D eigenvalue weighted by Gasteiger charge is 2.22. The maximum atomic E-state index is 12.4. The van der Waals surface area contributed by atoms with E-state index in [1.165, 1.54) is 37.4 Å². The summed E-state index contributed by atoms with van der Waals surface area (Å²) in [5.41, 5.74) is 7.38. The molecule has 1 aliphatic rings. The number of benzene rings is 1. The van der Waals surface area contributed by atoms with Crippen molar-refractivity contribution in [3.63, 3.8) is 0 Å². The number of carbonyl (C=O) groups is 1. The van der Waals surface area contributed by atoms with E-state index in [9.17, 15) is 4.79 Å². The first-order valence-corrected chi connectivity index (χ1v) is 9.03. The van der Waals surface area contributed by atoms with Gasteiger partial charge in [-0.3, -0.25) is 9.69 Å². The second-order valence-corrected chi connectivity index (χ2v) is 6.56. The molecule has 0 spiro atoms. The normalized spacial score (nSPS) is 16.8. The number of likely N-dealkylation sites (tertiary alicyclic amines) is 1.